The zero-order chi connectivity index (χ0) is 41.5. The van der Waals surface area contributed by atoms with Gasteiger partial charge in [-0.05, 0) is 111 Å². The fourth-order valence-corrected chi connectivity index (χ4v) is 8.02. The largest absolute Gasteiger partial charge is 0.493 e. The van der Waals surface area contributed by atoms with E-state index in [1.807, 2.05) is 64.1 Å². The molecule has 1 atom stereocenters. The number of carbonyl (C=O) groups is 2. The summed E-state index contributed by atoms with van der Waals surface area (Å²) < 4.78 is 58.4. The van der Waals surface area contributed by atoms with Crippen molar-refractivity contribution in [3.63, 3.8) is 0 Å². The summed E-state index contributed by atoms with van der Waals surface area (Å²) in [6.45, 7) is 3.72. The molecule has 2 aliphatic heterocycles. The number of methoxy groups -OCH3 is 3. The van der Waals surface area contributed by atoms with Gasteiger partial charge in [-0.15, -0.1) is 0 Å². The lowest BCUT2D eigenvalue weighted by Gasteiger charge is -2.35. The van der Waals surface area contributed by atoms with Gasteiger partial charge in [-0.2, -0.15) is 8.42 Å². The van der Waals surface area contributed by atoms with Crippen LogP contribution in [0, 0.1) is 17.2 Å². The minimum atomic E-state index is -3.67. The zero-order valence-electron chi connectivity index (χ0n) is 33.3. The Kier molecular flexibility index (Phi) is 13.5. The van der Waals surface area contributed by atoms with Gasteiger partial charge in [-0.1, -0.05) is 30.3 Å². The smallest absolute Gasteiger partial charge is 0.261 e. The number of carbonyl (C=O) groups excluding carboxylic acids is 2. The molecular weight excluding hydrogens is 766 g/mol. The summed E-state index contributed by atoms with van der Waals surface area (Å²) in [7, 11) is 1.06. The number of pyridine rings is 1. The normalized spacial score (nSPS) is 17.6. The monoisotopic (exact) mass is 815 g/mol. The van der Waals surface area contributed by atoms with Crippen LogP contribution in [0.25, 0.3) is 11.0 Å². The minimum Gasteiger partial charge on any atom is -0.493 e. The van der Waals surface area contributed by atoms with Crippen molar-refractivity contribution in [3.8, 4) is 17.2 Å². The summed E-state index contributed by atoms with van der Waals surface area (Å²) in [5, 5.41) is 0. The van der Waals surface area contributed by atoms with Gasteiger partial charge >= 0.3 is 0 Å². The lowest BCUT2D eigenvalue weighted by Crippen LogP contribution is -2.42. The minimum absolute atomic E-state index is 0.0676. The van der Waals surface area contributed by atoms with E-state index in [2.05, 4.69) is 9.88 Å². The zero-order valence-corrected chi connectivity index (χ0v) is 34.1. The number of hydrogen-bond acceptors (Lipinski definition) is 10. The standard InChI is InChI=1S/C42H46FN5O5.CH4O3S/c1-51-36-24-30(25-37(52-2)39(36)53-3)27-47-23-18-42(41(47)50,26-29-11-13-32(43)14-12-29)17-22-46-20-15-31(16-21-46)38(49)40-45-34-9-4-5-10-35(34)48(40)28-33-8-6-7-19-44-33;1-5(2,3)4/h4-14,19,24-25,31H,15-18,20-23,26-28H2,1-3H3;1H3,(H,2,3,4). The average molecular weight is 816 g/mol. The maximum atomic E-state index is 14.4. The molecule has 2 fully saturated rings. The van der Waals surface area contributed by atoms with Gasteiger partial charge in [0.1, 0.15) is 5.82 Å². The molecule has 4 heterocycles. The van der Waals surface area contributed by atoms with Gasteiger partial charge in [-0.3, -0.25) is 19.1 Å². The molecule has 308 valence electrons. The Labute approximate surface area is 338 Å². The highest BCUT2D eigenvalue weighted by atomic mass is 32.2. The number of aromatic nitrogens is 3. The molecule has 0 spiro atoms. The molecule has 0 saturated carbocycles. The van der Waals surface area contributed by atoms with E-state index in [0.717, 1.165) is 60.3 Å². The number of fused-ring (bicyclic) bond motifs is 1. The predicted molar refractivity (Wildman–Crippen MR) is 217 cm³/mol. The van der Waals surface area contributed by atoms with Gasteiger partial charge in [-0.25, -0.2) is 9.37 Å². The van der Waals surface area contributed by atoms with E-state index < -0.39 is 15.5 Å². The number of ether oxygens (including phenoxy) is 3. The number of benzene rings is 3. The Morgan fingerprint density at radius 3 is 2.17 bits per heavy atom. The number of rotatable bonds is 14. The van der Waals surface area contributed by atoms with Crippen molar-refractivity contribution in [2.75, 3.05) is 53.8 Å². The summed E-state index contributed by atoms with van der Waals surface area (Å²) in [5.41, 5.74) is 3.78. The highest BCUT2D eigenvalue weighted by molar-refractivity contribution is 7.85. The van der Waals surface area contributed by atoms with E-state index in [-0.39, 0.29) is 23.4 Å². The Hall–Kier alpha value is -5.38. The number of para-hydroxylation sites is 2. The lowest BCUT2D eigenvalue weighted by atomic mass is 9.77. The molecule has 1 unspecified atom stereocenters. The van der Waals surface area contributed by atoms with E-state index >= 15 is 0 Å². The van der Waals surface area contributed by atoms with Crippen molar-refractivity contribution in [2.45, 2.75) is 45.2 Å². The second-order valence-electron chi connectivity index (χ2n) is 14.9. The number of Topliss-reactive ketones (excluding diaryl/α,β-unsaturated/α-hetero) is 1. The molecule has 5 aromatic rings. The fourth-order valence-electron chi connectivity index (χ4n) is 8.02. The fraction of sp³-hybridized carbons (Fsp3) is 0.395. The van der Waals surface area contributed by atoms with Crippen LogP contribution >= 0.6 is 0 Å². The van der Waals surface area contributed by atoms with Crippen LogP contribution in [0.5, 0.6) is 17.2 Å². The second-order valence-corrected chi connectivity index (χ2v) is 16.4. The Bertz CT molecular complexity index is 2280. The molecule has 2 aromatic heterocycles. The number of likely N-dealkylation sites (tertiary alicyclic amines) is 2. The molecule has 0 aliphatic carbocycles. The van der Waals surface area contributed by atoms with Crippen molar-refractivity contribution in [2.24, 2.45) is 11.3 Å². The Balaban J connectivity index is 0.00000107. The Morgan fingerprint density at radius 2 is 1.55 bits per heavy atom. The molecule has 2 saturated heterocycles. The number of hydrogen-bond donors (Lipinski definition) is 1. The first kappa shape index (κ1) is 42.2. The molecule has 15 heteroatoms. The van der Waals surface area contributed by atoms with Gasteiger partial charge in [0.25, 0.3) is 10.1 Å². The van der Waals surface area contributed by atoms with Crippen LogP contribution in [0.2, 0.25) is 0 Å². The van der Waals surface area contributed by atoms with E-state index in [1.54, 1.807) is 39.7 Å². The number of ketones is 1. The molecule has 1 amide bonds. The van der Waals surface area contributed by atoms with Crippen LogP contribution in [0.3, 0.4) is 0 Å². The van der Waals surface area contributed by atoms with Crippen LogP contribution in [0.15, 0.2) is 85.1 Å². The first-order chi connectivity index (χ1) is 27.8. The number of imidazole rings is 1. The summed E-state index contributed by atoms with van der Waals surface area (Å²) in [6.07, 6.45) is 5.80. The van der Waals surface area contributed by atoms with Gasteiger partial charge in [0.15, 0.2) is 17.3 Å². The molecule has 3 aromatic carbocycles. The quantitative estimate of drug-likeness (QED) is 0.102. The van der Waals surface area contributed by atoms with Crippen molar-refractivity contribution >= 4 is 32.8 Å². The van der Waals surface area contributed by atoms with E-state index in [4.69, 9.17) is 23.7 Å². The molecule has 0 bridgehead atoms. The lowest BCUT2D eigenvalue weighted by molar-refractivity contribution is -0.137. The van der Waals surface area contributed by atoms with Crippen molar-refractivity contribution in [1.29, 1.82) is 0 Å². The summed E-state index contributed by atoms with van der Waals surface area (Å²) >= 11 is 0. The van der Waals surface area contributed by atoms with Crippen LogP contribution in [-0.4, -0.2) is 103 Å². The molecule has 7 rings (SSSR count). The average Bonchev–Trinajstić information content (AvgIpc) is 3.73. The third-order valence-corrected chi connectivity index (χ3v) is 10.9. The van der Waals surface area contributed by atoms with E-state index in [0.29, 0.717) is 68.2 Å². The Morgan fingerprint density at radius 1 is 0.897 bits per heavy atom. The first-order valence-corrected chi connectivity index (χ1v) is 21.0. The number of halogens is 1. The molecule has 2 aliphatic rings. The van der Waals surface area contributed by atoms with Crippen LogP contribution < -0.4 is 14.2 Å². The third kappa shape index (κ3) is 10.2. The molecule has 13 nitrogen and oxygen atoms in total. The number of piperidine rings is 1. The summed E-state index contributed by atoms with van der Waals surface area (Å²) in [4.78, 5) is 42.1. The van der Waals surface area contributed by atoms with Gasteiger partial charge in [0, 0.05) is 25.2 Å². The maximum Gasteiger partial charge on any atom is 0.261 e. The second kappa shape index (κ2) is 18.5. The molecule has 58 heavy (non-hydrogen) atoms. The predicted octanol–water partition coefficient (Wildman–Crippen LogP) is 6.09. The number of amides is 1. The van der Waals surface area contributed by atoms with Gasteiger partial charge < -0.3 is 28.6 Å². The summed E-state index contributed by atoms with van der Waals surface area (Å²) in [5.74, 6) is 1.79. The van der Waals surface area contributed by atoms with Crippen molar-refractivity contribution in [3.05, 3.63) is 114 Å². The van der Waals surface area contributed by atoms with Gasteiger partial charge in [0.05, 0.1) is 56.3 Å². The van der Waals surface area contributed by atoms with Crippen LogP contribution in [0.1, 0.15) is 53.1 Å². The SMILES string of the molecule is COc1cc(CN2CCC(CCN3CCC(C(=O)c4nc5ccccc5n4Cc4ccccn4)CC3)(Cc3ccc(F)cc3)C2=O)cc(OC)c1OC.CS(=O)(=O)O. The maximum absolute atomic E-state index is 14.4. The first-order valence-electron chi connectivity index (χ1n) is 19.2. The highest BCUT2D eigenvalue weighted by Crippen LogP contribution is 2.42. The van der Waals surface area contributed by atoms with Crippen LogP contribution in [-0.2, 0) is 34.4 Å². The van der Waals surface area contributed by atoms with E-state index in [9.17, 15) is 22.4 Å². The molecule has 0 radical (unpaired) electrons. The van der Waals surface area contributed by atoms with Gasteiger partial charge in [0.2, 0.25) is 17.4 Å². The van der Waals surface area contributed by atoms with Crippen molar-refractivity contribution < 1.29 is 41.2 Å². The van der Waals surface area contributed by atoms with Crippen LogP contribution in [0.4, 0.5) is 4.39 Å². The van der Waals surface area contributed by atoms with E-state index in [1.165, 1.54) is 12.1 Å². The third-order valence-electron chi connectivity index (χ3n) is 10.9. The van der Waals surface area contributed by atoms with Crippen molar-refractivity contribution in [1.82, 2.24) is 24.3 Å². The molecular formula is C43H50FN5O8S. The summed E-state index contributed by atoms with van der Waals surface area (Å²) in [6, 6.07) is 23.9. The topological polar surface area (TPSA) is 153 Å². The highest BCUT2D eigenvalue weighted by Gasteiger charge is 2.46. The number of nitrogens with zero attached hydrogens (tertiary/aromatic N) is 5. The molecule has 1 N–H and O–H groups in total.